The molecule has 0 saturated carbocycles. The lowest BCUT2D eigenvalue weighted by atomic mass is 10.1. The van der Waals surface area contributed by atoms with Gasteiger partial charge in [-0.25, -0.2) is 4.79 Å². The van der Waals surface area contributed by atoms with Crippen molar-refractivity contribution in [2.45, 2.75) is 20.0 Å². The number of benzene rings is 2. The number of anilines is 2. The highest BCUT2D eigenvalue weighted by Crippen LogP contribution is 2.20. The zero-order chi connectivity index (χ0) is 21.5. The van der Waals surface area contributed by atoms with E-state index in [1.807, 2.05) is 37.3 Å². The first-order chi connectivity index (χ1) is 14.5. The van der Waals surface area contributed by atoms with Gasteiger partial charge >= 0.3 is 5.97 Å². The van der Waals surface area contributed by atoms with Gasteiger partial charge in [-0.05, 0) is 50.2 Å². The Balaban J connectivity index is 1.72. The molecule has 0 aliphatic heterocycles. The minimum absolute atomic E-state index is 0.114. The quantitative estimate of drug-likeness (QED) is 0.596. The maximum atomic E-state index is 12.8. The Labute approximate surface area is 174 Å². The van der Waals surface area contributed by atoms with E-state index in [0.29, 0.717) is 6.54 Å². The molecule has 30 heavy (non-hydrogen) atoms. The van der Waals surface area contributed by atoms with Gasteiger partial charge in [0.15, 0.2) is 11.9 Å². The number of carbonyl (C=O) groups excluding carboxylic acids is 3. The molecule has 3 rings (SSSR count). The van der Waals surface area contributed by atoms with Gasteiger partial charge in [0.1, 0.15) is 0 Å². The molecule has 0 aliphatic rings. The predicted molar refractivity (Wildman–Crippen MR) is 112 cm³/mol. The smallest absolute Gasteiger partial charge is 0.341 e. The van der Waals surface area contributed by atoms with Crippen LogP contribution in [-0.2, 0) is 9.53 Å². The number of nitrogens with zero attached hydrogens (tertiary/aromatic N) is 1. The molecule has 1 N–H and O–H groups in total. The molecular weight excluding hydrogens is 384 g/mol. The fourth-order valence-corrected chi connectivity index (χ4v) is 2.93. The van der Waals surface area contributed by atoms with Gasteiger partial charge in [0.25, 0.3) is 11.8 Å². The van der Waals surface area contributed by atoms with Crippen molar-refractivity contribution in [3.8, 4) is 0 Å². The Morgan fingerprint density at radius 3 is 2.37 bits per heavy atom. The normalized spacial score (nSPS) is 11.4. The highest BCUT2D eigenvalue weighted by atomic mass is 16.5. The number of para-hydroxylation sites is 2. The number of furan rings is 1. The molecule has 0 saturated heterocycles. The lowest BCUT2D eigenvalue weighted by Crippen LogP contribution is -2.40. The van der Waals surface area contributed by atoms with Crippen molar-refractivity contribution < 1.29 is 23.5 Å². The summed E-state index contributed by atoms with van der Waals surface area (Å²) < 4.78 is 10.5. The summed E-state index contributed by atoms with van der Waals surface area (Å²) in [4.78, 5) is 39.3. The second-order valence-corrected chi connectivity index (χ2v) is 6.44. The van der Waals surface area contributed by atoms with Gasteiger partial charge in [-0.2, -0.15) is 0 Å². The summed E-state index contributed by atoms with van der Waals surface area (Å²) in [5.74, 6) is -1.43. The van der Waals surface area contributed by atoms with Gasteiger partial charge in [0, 0.05) is 12.2 Å². The van der Waals surface area contributed by atoms with Crippen LogP contribution in [0.1, 0.15) is 34.8 Å². The van der Waals surface area contributed by atoms with Crippen molar-refractivity contribution in [3.63, 3.8) is 0 Å². The molecule has 0 fully saturated rings. The van der Waals surface area contributed by atoms with Crippen LogP contribution in [0.5, 0.6) is 0 Å². The lowest BCUT2D eigenvalue weighted by molar-refractivity contribution is -0.126. The van der Waals surface area contributed by atoms with Crippen molar-refractivity contribution in [1.29, 1.82) is 0 Å². The average molecular weight is 406 g/mol. The minimum atomic E-state index is -1.01. The number of rotatable bonds is 7. The number of esters is 1. The van der Waals surface area contributed by atoms with E-state index in [4.69, 9.17) is 9.15 Å². The standard InChI is InChI=1S/C23H22N2O5/c1-3-25(17-10-5-4-6-11-17)22(27)16(2)30-23(28)18-12-7-8-13-19(18)24-21(26)20-14-9-15-29-20/h4-16H,3H2,1-2H3,(H,24,26)/t16-/m0/s1. The average Bonchev–Trinajstić information content (AvgIpc) is 3.30. The predicted octanol–water partition coefficient (Wildman–Crippen LogP) is 4.13. The molecule has 1 atom stereocenters. The molecule has 7 nitrogen and oxygen atoms in total. The summed E-state index contributed by atoms with van der Waals surface area (Å²) in [5, 5.41) is 2.63. The van der Waals surface area contributed by atoms with E-state index in [2.05, 4.69) is 5.32 Å². The zero-order valence-electron chi connectivity index (χ0n) is 16.7. The molecule has 2 aromatic carbocycles. The highest BCUT2D eigenvalue weighted by molar-refractivity contribution is 6.07. The zero-order valence-corrected chi connectivity index (χ0v) is 16.7. The molecule has 7 heteroatoms. The van der Waals surface area contributed by atoms with E-state index in [1.54, 1.807) is 29.2 Å². The van der Waals surface area contributed by atoms with Crippen LogP contribution in [0.3, 0.4) is 0 Å². The van der Waals surface area contributed by atoms with Crippen molar-refractivity contribution in [2.75, 3.05) is 16.8 Å². The largest absolute Gasteiger partial charge is 0.459 e. The first-order valence-electron chi connectivity index (χ1n) is 9.52. The molecule has 154 valence electrons. The van der Waals surface area contributed by atoms with E-state index < -0.39 is 18.0 Å². The molecule has 1 aromatic heterocycles. The third-order valence-corrected chi connectivity index (χ3v) is 4.42. The molecule has 0 unspecified atom stereocenters. The maximum absolute atomic E-state index is 12.8. The number of amides is 2. The van der Waals surface area contributed by atoms with Crippen LogP contribution in [0.4, 0.5) is 11.4 Å². The maximum Gasteiger partial charge on any atom is 0.341 e. The third kappa shape index (κ3) is 4.75. The van der Waals surface area contributed by atoms with Gasteiger partial charge in [0.2, 0.25) is 0 Å². The van der Waals surface area contributed by atoms with E-state index in [0.717, 1.165) is 5.69 Å². The van der Waals surface area contributed by atoms with Gasteiger partial charge in [-0.15, -0.1) is 0 Å². The van der Waals surface area contributed by atoms with Crippen LogP contribution in [0.15, 0.2) is 77.4 Å². The number of carbonyl (C=O) groups is 3. The number of ether oxygens (including phenoxy) is 1. The van der Waals surface area contributed by atoms with Crippen molar-refractivity contribution in [3.05, 3.63) is 84.3 Å². The molecule has 0 bridgehead atoms. The number of hydrogen-bond acceptors (Lipinski definition) is 5. The number of nitrogens with one attached hydrogen (secondary N) is 1. The monoisotopic (exact) mass is 406 g/mol. The first-order valence-corrected chi connectivity index (χ1v) is 9.52. The van der Waals surface area contributed by atoms with Crippen LogP contribution < -0.4 is 10.2 Å². The van der Waals surface area contributed by atoms with Gasteiger partial charge < -0.3 is 19.4 Å². The topological polar surface area (TPSA) is 88.9 Å². The fraction of sp³-hybridized carbons (Fsp3) is 0.174. The Bertz CT molecular complexity index is 1020. The first kappa shape index (κ1) is 20.9. The molecule has 1 heterocycles. The van der Waals surface area contributed by atoms with Crippen molar-refractivity contribution >= 4 is 29.2 Å². The van der Waals surface area contributed by atoms with Crippen molar-refractivity contribution in [1.82, 2.24) is 0 Å². The van der Waals surface area contributed by atoms with Crippen LogP contribution in [0, 0.1) is 0 Å². The molecule has 3 aromatic rings. The second-order valence-electron chi connectivity index (χ2n) is 6.44. The molecule has 0 radical (unpaired) electrons. The van der Waals surface area contributed by atoms with E-state index in [9.17, 15) is 14.4 Å². The Kier molecular flexibility index (Phi) is 6.64. The van der Waals surface area contributed by atoms with E-state index in [-0.39, 0.29) is 22.9 Å². The summed E-state index contributed by atoms with van der Waals surface area (Å²) in [5.41, 5.74) is 1.12. The summed E-state index contributed by atoms with van der Waals surface area (Å²) >= 11 is 0. The summed E-state index contributed by atoms with van der Waals surface area (Å²) in [6.45, 7) is 3.80. The second kappa shape index (κ2) is 9.56. The highest BCUT2D eigenvalue weighted by Gasteiger charge is 2.26. The Hall–Kier alpha value is -3.87. The molecule has 2 amide bonds. The SMILES string of the molecule is CCN(C(=O)[C@H](C)OC(=O)c1ccccc1NC(=O)c1ccco1)c1ccccc1. The summed E-state index contributed by atoms with van der Waals surface area (Å²) in [6, 6.07) is 18.7. The third-order valence-electron chi connectivity index (χ3n) is 4.42. The van der Waals surface area contributed by atoms with Crippen LogP contribution in [-0.4, -0.2) is 30.4 Å². The minimum Gasteiger partial charge on any atom is -0.459 e. The Morgan fingerprint density at radius 1 is 1.00 bits per heavy atom. The summed E-state index contributed by atoms with van der Waals surface area (Å²) in [6.07, 6.45) is 0.376. The molecular formula is C23H22N2O5. The molecule has 0 spiro atoms. The van der Waals surface area contributed by atoms with Gasteiger partial charge in [-0.3, -0.25) is 9.59 Å². The van der Waals surface area contributed by atoms with Gasteiger partial charge in [0.05, 0.1) is 17.5 Å². The van der Waals surface area contributed by atoms with Crippen LogP contribution in [0.2, 0.25) is 0 Å². The van der Waals surface area contributed by atoms with E-state index in [1.165, 1.54) is 25.3 Å². The Morgan fingerprint density at radius 2 is 1.70 bits per heavy atom. The van der Waals surface area contributed by atoms with Crippen LogP contribution >= 0.6 is 0 Å². The number of likely N-dealkylation sites (N-methyl/N-ethyl adjacent to an activating group) is 1. The molecule has 0 aliphatic carbocycles. The number of hydrogen-bond donors (Lipinski definition) is 1. The van der Waals surface area contributed by atoms with E-state index >= 15 is 0 Å². The van der Waals surface area contributed by atoms with Crippen LogP contribution in [0.25, 0.3) is 0 Å². The lowest BCUT2D eigenvalue weighted by Gasteiger charge is -2.24. The summed E-state index contributed by atoms with van der Waals surface area (Å²) in [7, 11) is 0. The van der Waals surface area contributed by atoms with Gasteiger partial charge in [-0.1, -0.05) is 30.3 Å². The van der Waals surface area contributed by atoms with Crippen molar-refractivity contribution in [2.24, 2.45) is 0 Å². The fourth-order valence-electron chi connectivity index (χ4n) is 2.93.